The minimum atomic E-state index is -0.420. The van der Waals surface area contributed by atoms with E-state index in [0.29, 0.717) is 30.0 Å². The topological polar surface area (TPSA) is 108 Å². The minimum absolute atomic E-state index is 0.0278. The number of rotatable bonds is 6. The molecule has 9 nitrogen and oxygen atoms in total. The minimum Gasteiger partial charge on any atom is -0.346 e. The number of nitrogens with one attached hydrogen (secondary N) is 1. The number of carbonyl (C=O) groups excluding carboxylic acids is 1. The van der Waals surface area contributed by atoms with Crippen molar-refractivity contribution in [2.45, 2.75) is 26.9 Å². The average Bonchev–Trinajstić information content (AvgIpc) is 3.15. The predicted molar refractivity (Wildman–Crippen MR) is 98.3 cm³/mol. The summed E-state index contributed by atoms with van der Waals surface area (Å²) in [4.78, 5) is 23.1. The van der Waals surface area contributed by atoms with Crippen molar-refractivity contribution in [3.05, 3.63) is 74.9 Å². The molecule has 9 heteroatoms. The van der Waals surface area contributed by atoms with E-state index in [0.717, 1.165) is 11.3 Å². The lowest BCUT2D eigenvalue weighted by molar-refractivity contribution is -0.386. The fraction of sp³-hybridized carbons (Fsp3) is 0.278. The summed E-state index contributed by atoms with van der Waals surface area (Å²) in [6.45, 7) is 4.01. The highest BCUT2D eigenvalue weighted by Gasteiger charge is 2.21. The second kappa shape index (κ2) is 7.40. The van der Waals surface area contributed by atoms with Crippen molar-refractivity contribution in [1.82, 2.24) is 24.9 Å². The number of carbonyl (C=O) groups is 1. The van der Waals surface area contributed by atoms with Gasteiger partial charge in [-0.3, -0.25) is 24.3 Å². The van der Waals surface area contributed by atoms with Crippen molar-refractivity contribution >= 4 is 11.6 Å². The van der Waals surface area contributed by atoms with Crippen LogP contribution in [0.5, 0.6) is 0 Å². The van der Waals surface area contributed by atoms with Gasteiger partial charge >= 0.3 is 5.69 Å². The second-order valence-electron chi connectivity index (χ2n) is 6.26. The molecule has 0 unspecified atom stereocenters. The van der Waals surface area contributed by atoms with E-state index in [1.807, 2.05) is 19.2 Å². The fourth-order valence-corrected chi connectivity index (χ4v) is 2.94. The first-order valence-electron chi connectivity index (χ1n) is 8.39. The lowest BCUT2D eigenvalue weighted by Crippen LogP contribution is -2.24. The first-order chi connectivity index (χ1) is 12.9. The van der Waals surface area contributed by atoms with Gasteiger partial charge in [0.1, 0.15) is 11.4 Å². The summed E-state index contributed by atoms with van der Waals surface area (Å²) in [6.07, 6.45) is 1.68. The SMILES string of the molecule is Cc1nn(Cc2cccc(C(=O)NCc3ccnn3C)c2)c(C)c1[N+](=O)[O-]. The van der Waals surface area contributed by atoms with E-state index in [1.54, 1.807) is 47.6 Å². The van der Waals surface area contributed by atoms with Gasteiger partial charge in [0.25, 0.3) is 5.91 Å². The molecule has 0 radical (unpaired) electrons. The molecule has 0 bridgehead atoms. The van der Waals surface area contributed by atoms with Crippen LogP contribution in [0.4, 0.5) is 5.69 Å². The Hall–Kier alpha value is -3.49. The third-order valence-electron chi connectivity index (χ3n) is 4.40. The van der Waals surface area contributed by atoms with Gasteiger partial charge in [-0.2, -0.15) is 10.2 Å². The summed E-state index contributed by atoms with van der Waals surface area (Å²) in [6, 6.07) is 8.98. The van der Waals surface area contributed by atoms with Crippen LogP contribution in [-0.4, -0.2) is 30.4 Å². The number of nitro groups is 1. The smallest absolute Gasteiger partial charge is 0.312 e. The first kappa shape index (κ1) is 18.3. The summed E-state index contributed by atoms with van der Waals surface area (Å²) in [5.74, 6) is -0.197. The lowest BCUT2D eigenvalue weighted by atomic mass is 10.1. The van der Waals surface area contributed by atoms with Crippen LogP contribution in [0, 0.1) is 24.0 Å². The molecule has 0 aliphatic heterocycles. The van der Waals surface area contributed by atoms with Crippen molar-refractivity contribution in [2.75, 3.05) is 0 Å². The molecule has 0 aliphatic rings. The van der Waals surface area contributed by atoms with Gasteiger partial charge in [0.15, 0.2) is 0 Å². The molecule has 1 N–H and O–H groups in total. The Labute approximate surface area is 155 Å². The maximum Gasteiger partial charge on any atom is 0.312 e. The lowest BCUT2D eigenvalue weighted by Gasteiger charge is -2.08. The van der Waals surface area contributed by atoms with Crippen molar-refractivity contribution in [3.63, 3.8) is 0 Å². The summed E-state index contributed by atoms with van der Waals surface area (Å²) in [5.41, 5.74) is 3.15. The Morgan fingerprint density at radius 3 is 2.70 bits per heavy atom. The summed E-state index contributed by atoms with van der Waals surface area (Å²) in [5, 5.41) is 22.3. The number of amides is 1. The van der Waals surface area contributed by atoms with Crippen LogP contribution in [0.3, 0.4) is 0 Å². The van der Waals surface area contributed by atoms with Gasteiger partial charge in [0.05, 0.1) is 23.7 Å². The number of aromatic nitrogens is 4. The zero-order valence-electron chi connectivity index (χ0n) is 15.3. The van der Waals surface area contributed by atoms with Gasteiger partial charge in [-0.1, -0.05) is 12.1 Å². The molecule has 140 valence electrons. The van der Waals surface area contributed by atoms with Crippen LogP contribution in [-0.2, 0) is 20.1 Å². The van der Waals surface area contributed by atoms with Crippen LogP contribution in [0.25, 0.3) is 0 Å². The monoisotopic (exact) mass is 368 g/mol. The molecule has 0 fully saturated rings. The molecular weight excluding hydrogens is 348 g/mol. The molecule has 0 spiro atoms. The maximum absolute atomic E-state index is 12.4. The van der Waals surface area contributed by atoms with Crippen molar-refractivity contribution in [3.8, 4) is 0 Å². The molecule has 0 atom stereocenters. The molecule has 27 heavy (non-hydrogen) atoms. The Morgan fingerprint density at radius 2 is 2.07 bits per heavy atom. The van der Waals surface area contributed by atoms with Gasteiger partial charge in [-0.15, -0.1) is 0 Å². The zero-order valence-corrected chi connectivity index (χ0v) is 15.3. The largest absolute Gasteiger partial charge is 0.346 e. The Balaban J connectivity index is 1.74. The van der Waals surface area contributed by atoms with Crippen molar-refractivity contribution < 1.29 is 9.72 Å². The van der Waals surface area contributed by atoms with Gasteiger partial charge in [0.2, 0.25) is 0 Å². The third-order valence-corrected chi connectivity index (χ3v) is 4.40. The molecule has 1 amide bonds. The highest BCUT2D eigenvalue weighted by Crippen LogP contribution is 2.22. The molecule has 2 heterocycles. The average molecular weight is 368 g/mol. The third kappa shape index (κ3) is 3.86. The maximum atomic E-state index is 12.4. The van der Waals surface area contributed by atoms with Crippen molar-refractivity contribution in [2.24, 2.45) is 7.05 Å². The van der Waals surface area contributed by atoms with E-state index < -0.39 is 4.92 Å². The van der Waals surface area contributed by atoms with E-state index in [9.17, 15) is 14.9 Å². The second-order valence-corrected chi connectivity index (χ2v) is 6.26. The van der Waals surface area contributed by atoms with Gasteiger partial charge in [-0.05, 0) is 37.6 Å². The van der Waals surface area contributed by atoms with E-state index in [4.69, 9.17) is 0 Å². The molecule has 3 aromatic rings. The summed E-state index contributed by atoms with van der Waals surface area (Å²) in [7, 11) is 1.82. The number of aryl methyl sites for hydroxylation is 2. The molecule has 2 aromatic heterocycles. The predicted octanol–water partition coefficient (Wildman–Crippen LogP) is 2.12. The molecule has 3 rings (SSSR count). The van der Waals surface area contributed by atoms with Crippen LogP contribution >= 0.6 is 0 Å². The normalized spacial score (nSPS) is 10.8. The van der Waals surface area contributed by atoms with E-state index in [2.05, 4.69) is 15.5 Å². The molecule has 0 saturated carbocycles. The van der Waals surface area contributed by atoms with Crippen molar-refractivity contribution in [1.29, 1.82) is 0 Å². The number of hydrogen-bond acceptors (Lipinski definition) is 5. The summed E-state index contributed by atoms with van der Waals surface area (Å²) < 4.78 is 3.28. The Bertz CT molecular complexity index is 1000. The number of nitrogens with zero attached hydrogens (tertiary/aromatic N) is 5. The molecule has 0 saturated heterocycles. The fourth-order valence-electron chi connectivity index (χ4n) is 2.94. The van der Waals surface area contributed by atoms with Gasteiger partial charge < -0.3 is 5.32 Å². The highest BCUT2D eigenvalue weighted by molar-refractivity contribution is 5.94. The number of hydrogen-bond donors (Lipinski definition) is 1. The van der Waals surface area contributed by atoms with Gasteiger partial charge in [-0.25, -0.2) is 0 Å². The Morgan fingerprint density at radius 1 is 1.30 bits per heavy atom. The van der Waals surface area contributed by atoms with E-state index >= 15 is 0 Å². The first-order valence-corrected chi connectivity index (χ1v) is 8.39. The van der Waals surface area contributed by atoms with Crippen LogP contribution in [0.2, 0.25) is 0 Å². The molecular formula is C18H20N6O3. The Kier molecular flexibility index (Phi) is 5.02. The van der Waals surface area contributed by atoms with E-state index in [-0.39, 0.29) is 11.6 Å². The summed E-state index contributed by atoms with van der Waals surface area (Å²) >= 11 is 0. The van der Waals surface area contributed by atoms with Crippen LogP contribution in [0.1, 0.15) is 33.0 Å². The van der Waals surface area contributed by atoms with Crippen LogP contribution in [0.15, 0.2) is 36.5 Å². The van der Waals surface area contributed by atoms with Crippen LogP contribution < -0.4 is 5.32 Å². The molecule has 1 aromatic carbocycles. The quantitative estimate of drug-likeness (QED) is 0.530. The standard InChI is InChI=1S/C18H20N6O3/c1-12-17(24(26)27)13(2)23(21-12)11-14-5-4-6-15(9-14)18(25)19-10-16-7-8-20-22(16)3/h4-9H,10-11H2,1-3H3,(H,19,25). The zero-order chi connectivity index (χ0) is 19.6. The molecule has 0 aliphatic carbocycles. The van der Waals surface area contributed by atoms with E-state index in [1.165, 1.54) is 0 Å². The van der Waals surface area contributed by atoms with Gasteiger partial charge in [0, 0.05) is 18.8 Å². The number of benzene rings is 1. The highest BCUT2D eigenvalue weighted by atomic mass is 16.6.